The molecular weight excluding hydrogens is 331 g/mol. The SMILES string of the molecule is CNCCC1CCN(C(=O)c2cc(Cl)ccc2Cl)CC1.Cl. The van der Waals surface area contributed by atoms with Crippen LogP contribution in [0.4, 0.5) is 0 Å². The van der Waals surface area contributed by atoms with Crippen molar-refractivity contribution < 1.29 is 4.79 Å². The molecule has 0 saturated carbocycles. The van der Waals surface area contributed by atoms with E-state index in [1.54, 1.807) is 18.2 Å². The molecule has 1 fully saturated rings. The van der Waals surface area contributed by atoms with Gasteiger partial charge in [0.05, 0.1) is 10.6 Å². The first-order valence-electron chi connectivity index (χ1n) is 7.00. The minimum atomic E-state index is -0.00966. The highest BCUT2D eigenvalue weighted by Crippen LogP contribution is 2.25. The fourth-order valence-corrected chi connectivity index (χ4v) is 2.98. The van der Waals surface area contributed by atoms with Crippen LogP contribution in [0.2, 0.25) is 10.0 Å². The minimum Gasteiger partial charge on any atom is -0.339 e. The Morgan fingerprint density at radius 3 is 2.62 bits per heavy atom. The number of amides is 1. The lowest BCUT2D eigenvalue weighted by Gasteiger charge is -2.32. The standard InChI is InChI=1S/C15H20Cl2N2O.ClH/c1-18-7-4-11-5-8-19(9-6-11)15(20)13-10-12(16)2-3-14(13)17;/h2-3,10-11,18H,4-9H2,1H3;1H. The van der Waals surface area contributed by atoms with Crippen LogP contribution in [0.3, 0.4) is 0 Å². The third kappa shape index (κ3) is 5.03. The molecule has 6 heteroatoms. The van der Waals surface area contributed by atoms with E-state index < -0.39 is 0 Å². The minimum absolute atomic E-state index is 0. The molecule has 0 spiro atoms. The Labute approximate surface area is 142 Å². The van der Waals surface area contributed by atoms with Crippen molar-refractivity contribution >= 4 is 41.5 Å². The van der Waals surface area contributed by atoms with Crippen molar-refractivity contribution in [2.75, 3.05) is 26.7 Å². The molecule has 0 radical (unpaired) electrons. The van der Waals surface area contributed by atoms with Gasteiger partial charge in [-0.25, -0.2) is 0 Å². The second-order valence-electron chi connectivity index (χ2n) is 5.25. The molecule has 1 aromatic carbocycles. The first kappa shape index (κ1) is 18.6. The van der Waals surface area contributed by atoms with Crippen molar-refractivity contribution in [1.29, 1.82) is 0 Å². The van der Waals surface area contributed by atoms with Crippen LogP contribution >= 0.6 is 35.6 Å². The monoisotopic (exact) mass is 350 g/mol. The van der Waals surface area contributed by atoms with Crippen LogP contribution in [0.5, 0.6) is 0 Å². The van der Waals surface area contributed by atoms with Gasteiger partial charge >= 0.3 is 0 Å². The number of carbonyl (C=O) groups is 1. The first-order valence-corrected chi connectivity index (χ1v) is 7.76. The van der Waals surface area contributed by atoms with E-state index in [1.807, 2.05) is 11.9 Å². The van der Waals surface area contributed by atoms with Crippen molar-refractivity contribution in [3.05, 3.63) is 33.8 Å². The highest BCUT2D eigenvalue weighted by atomic mass is 35.5. The van der Waals surface area contributed by atoms with Gasteiger partial charge in [0.2, 0.25) is 0 Å². The molecule has 118 valence electrons. The van der Waals surface area contributed by atoms with Gasteiger partial charge in [-0.3, -0.25) is 4.79 Å². The Bertz CT molecular complexity index is 474. The summed E-state index contributed by atoms with van der Waals surface area (Å²) in [4.78, 5) is 14.3. The molecular formula is C15H21Cl3N2O. The Morgan fingerprint density at radius 1 is 1.33 bits per heavy atom. The van der Waals surface area contributed by atoms with Gasteiger partial charge in [-0.15, -0.1) is 12.4 Å². The van der Waals surface area contributed by atoms with E-state index in [9.17, 15) is 4.79 Å². The van der Waals surface area contributed by atoms with E-state index in [0.717, 1.165) is 32.5 Å². The molecule has 2 rings (SSSR count). The predicted molar refractivity (Wildman–Crippen MR) is 90.9 cm³/mol. The summed E-state index contributed by atoms with van der Waals surface area (Å²) in [5.74, 6) is 0.700. The van der Waals surface area contributed by atoms with Crippen LogP contribution < -0.4 is 5.32 Å². The molecule has 1 amide bonds. The van der Waals surface area contributed by atoms with E-state index in [0.29, 0.717) is 21.5 Å². The van der Waals surface area contributed by atoms with Crippen LogP contribution in [0.1, 0.15) is 29.6 Å². The van der Waals surface area contributed by atoms with Gasteiger partial charge in [0.15, 0.2) is 0 Å². The summed E-state index contributed by atoms with van der Waals surface area (Å²) in [6, 6.07) is 5.03. The normalized spacial score (nSPS) is 15.7. The summed E-state index contributed by atoms with van der Waals surface area (Å²) in [6.07, 6.45) is 3.30. The lowest BCUT2D eigenvalue weighted by atomic mass is 9.93. The second-order valence-corrected chi connectivity index (χ2v) is 6.10. The zero-order chi connectivity index (χ0) is 14.5. The van der Waals surface area contributed by atoms with Gasteiger partial charge in [-0.1, -0.05) is 23.2 Å². The number of rotatable bonds is 4. The second kappa shape index (κ2) is 8.84. The number of hydrogen-bond acceptors (Lipinski definition) is 2. The van der Waals surface area contributed by atoms with Gasteiger partial charge in [0, 0.05) is 18.1 Å². The summed E-state index contributed by atoms with van der Waals surface area (Å²) >= 11 is 12.0. The third-order valence-electron chi connectivity index (χ3n) is 3.86. The number of benzene rings is 1. The topological polar surface area (TPSA) is 32.3 Å². The lowest BCUT2D eigenvalue weighted by molar-refractivity contribution is 0.0687. The molecule has 1 aliphatic rings. The molecule has 1 aliphatic heterocycles. The average molecular weight is 352 g/mol. The molecule has 21 heavy (non-hydrogen) atoms. The van der Waals surface area contributed by atoms with Crippen LogP contribution in [0.25, 0.3) is 0 Å². The molecule has 1 heterocycles. The Balaban J connectivity index is 0.00000220. The Morgan fingerprint density at radius 2 is 2.00 bits per heavy atom. The largest absolute Gasteiger partial charge is 0.339 e. The molecule has 0 atom stereocenters. The smallest absolute Gasteiger partial charge is 0.255 e. The van der Waals surface area contributed by atoms with E-state index >= 15 is 0 Å². The summed E-state index contributed by atoms with van der Waals surface area (Å²) in [5.41, 5.74) is 0.507. The van der Waals surface area contributed by atoms with Crippen molar-refractivity contribution in [3.8, 4) is 0 Å². The number of halogens is 3. The van der Waals surface area contributed by atoms with Gasteiger partial charge in [0.25, 0.3) is 5.91 Å². The summed E-state index contributed by atoms with van der Waals surface area (Å²) in [5, 5.41) is 4.19. The highest BCUT2D eigenvalue weighted by Gasteiger charge is 2.24. The predicted octanol–water partition coefficient (Wildman–Crippen LogP) is 3.88. The number of hydrogen-bond donors (Lipinski definition) is 1. The van der Waals surface area contributed by atoms with E-state index in [-0.39, 0.29) is 18.3 Å². The quantitative estimate of drug-likeness (QED) is 0.893. The number of piperidine rings is 1. The molecule has 1 saturated heterocycles. The van der Waals surface area contributed by atoms with Gasteiger partial charge in [-0.05, 0) is 57.0 Å². The maximum absolute atomic E-state index is 12.5. The zero-order valence-corrected chi connectivity index (χ0v) is 14.4. The molecule has 3 nitrogen and oxygen atoms in total. The summed E-state index contributed by atoms with van der Waals surface area (Å²) in [6.45, 7) is 2.64. The van der Waals surface area contributed by atoms with E-state index in [2.05, 4.69) is 5.32 Å². The molecule has 1 aromatic rings. The maximum Gasteiger partial charge on any atom is 0.255 e. The van der Waals surface area contributed by atoms with E-state index in [1.165, 1.54) is 6.42 Å². The molecule has 0 aromatic heterocycles. The van der Waals surface area contributed by atoms with E-state index in [4.69, 9.17) is 23.2 Å². The van der Waals surface area contributed by atoms with Gasteiger partial charge < -0.3 is 10.2 Å². The lowest BCUT2D eigenvalue weighted by Crippen LogP contribution is -2.39. The molecule has 1 N–H and O–H groups in total. The number of nitrogens with zero attached hydrogens (tertiary/aromatic N) is 1. The van der Waals surface area contributed by atoms with Crippen molar-refractivity contribution in [2.24, 2.45) is 5.92 Å². The number of nitrogens with one attached hydrogen (secondary N) is 1. The average Bonchev–Trinajstić information content (AvgIpc) is 2.47. The van der Waals surface area contributed by atoms with Crippen LogP contribution in [0, 0.1) is 5.92 Å². The molecule has 0 bridgehead atoms. The number of likely N-dealkylation sites (tertiary alicyclic amines) is 1. The third-order valence-corrected chi connectivity index (χ3v) is 4.43. The van der Waals surface area contributed by atoms with Gasteiger partial charge in [0.1, 0.15) is 0 Å². The molecule has 0 unspecified atom stereocenters. The first-order chi connectivity index (χ1) is 9.61. The number of carbonyl (C=O) groups excluding carboxylic acids is 1. The zero-order valence-electron chi connectivity index (χ0n) is 12.1. The van der Waals surface area contributed by atoms with Crippen molar-refractivity contribution in [3.63, 3.8) is 0 Å². The summed E-state index contributed by atoms with van der Waals surface area (Å²) in [7, 11) is 1.97. The maximum atomic E-state index is 12.5. The summed E-state index contributed by atoms with van der Waals surface area (Å²) < 4.78 is 0. The van der Waals surface area contributed by atoms with Crippen LogP contribution in [-0.4, -0.2) is 37.5 Å². The van der Waals surface area contributed by atoms with Crippen molar-refractivity contribution in [1.82, 2.24) is 10.2 Å². The van der Waals surface area contributed by atoms with Crippen LogP contribution in [-0.2, 0) is 0 Å². The fourth-order valence-electron chi connectivity index (χ4n) is 2.60. The fraction of sp³-hybridized carbons (Fsp3) is 0.533. The van der Waals surface area contributed by atoms with Crippen LogP contribution in [0.15, 0.2) is 18.2 Å². The van der Waals surface area contributed by atoms with Gasteiger partial charge in [-0.2, -0.15) is 0 Å². The van der Waals surface area contributed by atoms with Crippen molar-refractivity contribution in [2.45, 2.75) is 19.3 Å². The Hall–Kier alpha value is -0.480. The Kier molecular flexibility index (Phi) is 7.82. The highest BCUT2D eigenvalue weighted by molar-refractivity contribution is 6.35. The molecule has 0 aliphatic carbocycles.